The molecule has 0 spiro atoms. The molecule has 1 amide bonds. The summed E-state index contributed by atoms with van der Waals surface area (Å²) in [5.41, 5.74) is 3.11. The normalized spacial score (nSPS) is 17.7. The maximum atomic E-state index is 13.2. The number of hydrogen-bond donors (Lipinski definition) is 0. The third-order valence-electron chi connectivity index (χ3n) is 4.46. The van der Waals surface area contributed by atoms with Gasteiger partial charge in [-0.25, -0.2) is 15.0 Å². The van der Waals surface area contributed by atoms with Crippen LogP contribution in [0.2, 0.25) is 0 Å². The third kappa shape index (κ3) is 2.92. The molecule has 1 unspecified atom stereocenters. The number of fused-ring (bicyclic) bond motifs is 1. The van der Waals surface area contributed by atoms with Gasteiger partial charge in [0, 0.05) is 18.4 Å². The van der Waals surface area contributed by atoms with Gasteiger partial charge in [-0.15, -0.1) is 0 Å². The highest BCUT2D eigenvalue weighted by atomic mass is 16.5. The molecule has 3 aromatic rings. The molecule has 0 radical (unpaired) electrons. The van der Waals surface area contributed by atoms with E-state index in [0.29, 0.717) is 53.6 Å². The van der Waals surface area contributed by atoms with E-state index in [9.17, 15) is 4.79 Å². The minimum atomic E-state index is -0.267. The van der Waals surface area contributed by atoms with Crippen LogP contribution in [-0.2, 0) is 4.74 Å². The van der Waals surface area contributed by atoms with Crippen molar-refractivity contribution < 1.29 is 14.1 Å². The highest BCUT2D eigenvalue weighted by Gasteiger charge is 2.29. The van der Waals surface area contributed by atoms with Crippen LogP contribution in [0.15, 0.2) is 22.9 Å². The lowest BCUT2D eigenvalue weighted by atomic mass is 10.1. The molecule has 1 aliphatic rings. The lowest BCUT2D eigenvalue weighted by Gasteiger charge is -2.32. The van der Waals surface area contributed by atoms with E-state index in [-0.39, 0.29) is 12.0 Å². The summed E-state index contributed by atoms with van der Waals surface area (Å²) in [5.74, 6) is 0.604. The van der Waals surface area contributed by atoms with E-state index in [1.807, 2.05) is 26.8 Å². The Morgan fingerprint density at radius 3 is 2.92 bits per heavy atom. The van der Waals surface area contributed by atoms with Gasteiger partial charge in [0.2, 0.25) is 0 Å². The van der Waals surface area contributed by atoms with Crippen LogP contribution in [-0.4, -0.2) is 50.6 Å². The maximum absolute atomic E-state index is 13.2. The number of carbonyl (C=O) groups is 1. The summed E-state index contributed by atoms with van der Waals surface area (Å²) in [7, 11) is 0. The minimum Gasteiger partial charge on any atom is -0.368 e. The number of hydrogen-bond acceptors (Lipinski definition) is 7. The Morgan fingerprint density at radius 1 is 1.27 bits per heavy atom. The summed E-state index contributed by atoms with van der Waals surface area (Å²) in [4.78, 5) is 27.8. The second-order valence-electron chi connectivity index (χ2n) is 6.40. The second kappa shape index (κ2) is 6.45. The van der Waals surface area contributed by atoms with Crippen molar-refractivity contribution in [2.75, 3.05) is 19.7 Å². The Kier molecular flexibility index (Phi) is 4.12. The van der Waals surface area contributed by atoms with Crippen LogP contribution in [0, 0.1) is 20.8 Å². The maximum Gasteiger partial charge on any atom is 0.258 e. The molecule has 0 aliphatic carbocycles. The first-order valence-corrected chi connectivity index (χ1v) is 8.47. The number of morpholine rings is 1. The van der Waals surface area contributed by atoms with Crippen molar-refractivity contribution in [3.05, 3.63) is 46.8 Å². The molecule has 1 fully saturated rings. The van der Waals surface area contributed by atoms with Crippen molar-refractivity contribution in [1.29, 1.82) is 0 Å². The highest BCUT2D eigenvalue weighted by molar-refractivity contribution is 6.06. The Bertz CT molecular complexity index is 984. The van der Waals surface area contributed by atoms with Crippen LogP contribution in [0.3, 0.4) is 0 Å². The topological polar surface area (TPSA) is 94.2 Å². The number of ether oxygens (including phenoxy) is 1. The van der Waals surface area contributed by atoms with Crippen molar-refractivity contribution in [3.63, 3.8) is 0 Å². The molecule has 26 heavy (non-hydrogen) atoms. The standard InChI is InChI=1S/C18H19N5O3/c1-10-8-13(16-11(2)22-26-17(16)20-10)18(24)23-6-7-25-15(9-23)14-4-5-19-12(3)21-14/h4-5,8,15H,6-7,9H2,1-3H3. The number of pyridine rings is 1. The smallest absolute Gasteiger partial charge is 0.258 e. The van der Waals surface area contributed by atoms with Crippen molar-refractivity contribution in [2.24, 2.45) is 0 Å². The van der Waals surface area contributed by atoms with Gasteiger partial charge in [-0.1, -0.05) is 5.16 Å². The van der Waals surface area contributed by atoms with Crippen molar-refractivity contribution in [1.82, 2.24) is 25.0 Å². The Hall–Kier alpha value is -2.87. The molecular formula is C18H19N5O3. The zero-order chi connectivity index (χ0) is 18.3. The predicted molar refractivity (Wildman–Crippen MR) is 92.6 cm³/mol. The second-order valence-corrected chi connectivity index (χ2v) is 6.40. The molecule has 3 aromatic heterocycles. The number of aromatic nitrogens is 4. The molecule has 0 bridgehead atoms. The zero-order valence-electron chi connectivity index (χ0n) is 14.9. The molecule has 0 saturated carbocycles. The molecule has 0 N–H and O–H groups in total. The number of carbonyl (C=O) groups excluding carboxylic acids is 1. The van der Waals surface area contributed by atoms with E-state index < -0.39 is 0 Å². The van der Waals surface area contributed by atoms with E-state index in [0.717, 1.165) is 5.69 Å². The first kappa shape index (κ1) is 16.6. The average Bonchev–Trinajstić information content (AvgIpc) is 3.01. The molecule has 8 nitrogen and oxygen atoms in total. The summed E-state index contributed by atoms with van der Waals surface area (Å²) < 4.78 is 11.1. The Balaban J connectivity index is 1.65. The number of nitrogens with zero attached hydrogens (tertiary/aromatic N) is 5. The SMILES string of the molecule is Cc1cc(C(=O)N2CCOC(c3ccnc(C)n3)C2)c2c(C)noc2n1. The monoisotopic (exact) mass is 353 g/mol. The average molecular weight is 353 g/mol. The fraction of sp³-hybridized carbons (Fsp3) is 0.389. The van der Waals surface area contributed by atoms with E-state index in [1.54, 1.807) is 17.2 Å². The van der Waals surface area contributed by atoms with Crippen molar-refractivity contribution >= 4 is 17.0 Å². The van der Waals surface area contributed by atoms with Gasteiger partial charge in [0.1, 0.15) is 11.9 Å². The summed E-state index contributed by atoms with van der Waals surface area (Å²) in [6.45, 7) is 6.88. The van der Waals surface area contributed by atoms with Crippen LogP contribution in [0.1, 0.15) is 39.4 Å². The molecule has 4 rings (SSSR count). The van der Waals surface area contributed by atoms with E-state index in [4.69, 9.17) is 9.26 Å². The van der Waals surface area contributed by atoms with E-state index in [2.05, 4.69) is 20.1 Å². The largest absolute Gasteiger partial charge is 0.368 e. The lowest BCUT2D eigenvalue weighted by molar-refractivity contribution is -0.0247. The summed E-state index contributed by atoms with van der Waals surface area (Å²) in [6.07, 6.45) is 1.44. The van der Waals surface area contributed by atoms with Crippen LogP contribution in [0.25, 0.3) is 11.1 Å². The summed E-state index contributed by atoms with van der Waals surface area (Å²) >= 11 is 0. The summed E-state index contributed by atoms with van der Waals surface area (Å²) in [6, 6.07) is 3.61. The number of aryl methyl sites for hydroxylation is 3. The first-order chi connectivity index (χ1) is 12.5. The first-order valence-electron chi connectivity index (χ1n) is 8.47. The molecule has 1 saturated heterocycles. The lowest BCUT2D eigenvalue weighted by Crippen LogP contribution is -2.42. The van der Waals surface area contributed by atoms with Crippen molar-refractivity contribution in [3.8, 4) is 0 Å². The number of amides is 1. The third-order valence-corrected chi connectivity index (χ3v) is 4.46. The molecule has 8 heteroatoms. The van der Waals surface area contributed by atoms with Gasteiger partial charge < -0.3 is 14.2 Å². The van der Waals surface area contributed by atoms with E-state index >= 15 is 0 Å². The Labute approximate surface area is 150 Å². The van der Waals surface area contributed by atoms with Crippen molar-refractivity contribution in [2.45, 2.75) is 26.9 Å². The van der Waals surface area contributed by atoms with Gasteiger partial charge in [-0.2, -0.15) is 0 Å². The fourth-order valence-electron chi connectivity index (χ4n) is 3.22. The quantitative estimate of drug-likeness (QED) is 0.696. The minimum absolute atomic E-state index is 0.0779. The molecule has 1 aliphatic heterocycles. The summed E-state index contributed by atoms with van der Waals surface area (Å²) in [5, 5.41) is 4.62. The zero-order valence-corrected chi connectivity index (χ0v) is 14.9. The van der Waals surface area contributed by atoms with E-state index in [1.165, 1.54) is 0 Å². The van der Waals surface area contributed by atoms with Gasteiger partial charge in [0.05, 0.1) is 35.5 Å². The van der Waals surface area contributed by atoms with Crippen LogP contribution in [0.5, 0.6) is 0 Å². The van der Waals surface area contributed by atoms with Gasteiger partial charge in [0.15, 0.2) is 0 Å². The molecular weight excluding hydrogens is 334 g/mol. The van der Waals surface area contributed by atoms with Crippen LogP contribution < -0.4 is 0 Å². The predicted octanol–water partition coefficient (Wildman–Crippen LogP) is 2.15. The van der Waals surface area contributed by atoms with Crippen LogP contribution >= 0.6 is 0 Å². The number of rotatable bonds is 2. The highest BCUT2D eigenvalue weighted by Crippen LogP contribution is 2.26. The molecule has 4 heterocycles. The Morgan fingerprint density at radius 2 is 2.12 bits per heavy atom. The molecule has 1 atom stereocenters. The van der Waals surface area contributed by atoms with Gasteiger partial charge in [-0.05, 0) is 32.9 Å². The molecule has 0 aromatic carbocycles. The van der Waals surface area contributed by atoms with Crippen LogP contribution in [0.4, 0.5) is 0 Å². The van der Waals surface area contributed by atoms with Gasteiger partial charge in [-0.3, -0.25) is 4.79 Å². The fourth-order valence-corrected chi connectivity index (χ4v) is 3.22. The van der Waals surface area contributed by atoms with Gasteiger partial charge >= 0.3 is 0 Å². The molecule has 134 valence electrons. The van der Waals surface area contributed by atoms with Gasteiger partial charge in [0.25, 0.3) is 11.6 Å².